The van der Waals surface area contributed by atoms with E-state index in [0.717, 1.165) is 6.07 Å². The first-order valence-electron chi connectivity index (χ1n) is 4.04. The fraction of sp³-hybridized carbons (Fsp3) is 0.333. The van der Waals surface area contributed by atoms with Gasteiger partial charge in [0.05, 0.1) is 19.3 Å². The maximum Gasteiger partial charge on any atom is 0.128 e. The van der Waals surface area contributed by atoms with Gasteiger partial charge in [-0.1, -0.05) is 0 Å². The lowest BCUT2D eigenvalue weighted by Crippen LogP contribution is -2.40. The molecule has 0 unspecified atom stereocenters. The number of hydrogen-bond donors (Lipinski definition) is 1. The normalized spacial score (nSPS) is 16.8. The summed E-state index contributed by atoms with van der Waals surface area (Å²) in [5.41, 5.74) is 0.464. The van der Waals surface area contributed by atoms with Crippen LogP contribution >= 0.6 is 0 Å². The molecule has 13 heavy (non-hydrogen) atoms. The minimum Gasteiger partial charge on any atom is -0.377 e. The molecule has 0 amide bonds. The molecule has 1 aromatic carbocycles. The van der Waals surface area contributed by atoms with Gasteiger partial charge >= 0.3 is 0 Å². The quantitative estimate of drug-likeness (QED) is 0.758. The Labute approximate surface area is 74.5 Å². The molecule has 0 atom stereocenters. The summed E-state index contributed by atoms with van der Waals surface area (Å²) in [5.74, 6) is -1.13. The highest BCUT2D eigenvalue weighted by atomic mass is 19.1. The lowest BCUT2D eigenvalue weighted by molar-refractivity contribution is 0.0211. The summed E-state index contributed by atoms with van der Waals surface area (Å²) >= 11 is 0. The van der Waals surface area contributed by atoms with Crippen LogP contribution in [0.4, 0.5) is 14.5 Å². The fourth-order valence-corrected chi connectivity index (χ4v) is 1.19. The maximum absolute atomic E-state index is 12.7. The molecule has 1 saturated heterocycles. The lowest BCUT2D eigenvalue weighted by Gasteiger charge is -2.27. The number of rotatable bonds is 2. The van der Waals surface area contributed by atoms with E-state index in [9.17, 15) is 8.78 Å². The Kier molecular flexibility index (Phi) is 2.14. The van der Waals surface area contributed by atoms with Crippen LogP contribution in [-0.2, 0) is 4.74 Å². The van der Waals surface area contributed by atoms with E-state index in [4.69, 9.17) is 4.74 Å². The Morgan fingerprint density at radius 3 is 2.23 bits per heavy atom. The van der Waals surface area contributed by atoms with Crippen molar-refractivity contribution < 1.29 is 13.5 Å². The van der Waals surface area contributed by atoms with Crippen molar-refractivity contribution in [3.63, 3.8) is 0 Å². The summed E-state index contributed by atoms with van der Waals surface area (Å²) in [6, 6.07) is 3.56. The van der Waals surface area contributed by atoms with E-state index in [2.05, 4.69) is 5.32 Å². The number of ether oxygens (including phenoxy) is 1. The molecule has 1 aliphatic rings. The minimum absolute atomic E-state index is 0.182. The zero-order valence-electron chi connectivity index (χ0n) is 6.89. The molecule has 70 valence electrons. The van der Waals surface area contributed by atoms with Gasteiger partial charge in [0.15, 0.2) is 0 Å². The van der Waals surface area contributed by atoms with Crippen molar-refractivity contribution in [2.24, 2.45) is 0 Å². The van der Waals surface area contributed by atoms with Gasteiger partial charge in [0.25, 0.3) is 0 Å². The Bertz CT molecular complexity index is 292. The van der Waals surface area contributed by atoms with Gasteiger partial charge in [-0.3, -0.25) is 0 Å². The molecular weight excluding hydrogens is 176 g/mol. The molecule has 1 fully saturated rings. The van der Waals surface area contributed by atoms with Gasteiger partial charge in [0.1, 0.15) is 11.6 Å². The van der Waals surface area contributed by atoms with Gasteiger partial charge in [-0.2, -0.15) is 0 Å². The molecule has 0 bridgehead atoms. The van der Waals surface area contributed by atoms with Crippen molar-refractivity contribution in [1.29, 1.82) is 0 Å². The van der Waals surface area contributed by atoms with Crippen LogP contribution in [0.25, 0.3) is 0 Å². The van der Waals surface area contributed by atoms with E-state index in [-0.39, 0.29) is 6.04 Å². The van der Waals surface area contributed by atoms with Crippen molar-refractivity contribution >= 4 is 5.69 Å². The number of halogens is 2. The monoisotopic (exact) mass is 185 g/mol. The first-order valence-corrected chi connectivity index (χ1v) is 4.04. The van der Waals surface area contributed by atoms with Crippen molar-refractivity contribution in [3.8, 4) is 0 Å². The van der Waals surface area contributed by atoms with Crippen LogP contribution in [0.3, 0.4) is 0 Å². The number of nitrogens with one attached hydrogen (secondary N) is 1. The minimum atomic E-state index is -0.567. The molecule has 1 heterocycles. The molecule has 1 N–H and O–H groups in total. The topological polar surface area (TPSA) is 21.3 Å². The summed E-state index contributed by atoms with van der Waals surface area (Å²) in [6.45, 7) is 1.19. The molecule has 2 nitrogen and oxygen atoms in total. The van der Waals surface area contributed by atoms with Crippen molar-refractivity contribution in [2.75, 3.05) is 18.5 Å². The number of anilines is 1. The van der Waals surface area contributed by atoms with Crippen LogP contribution in [0, 0.1) is 11.6 Å². The van der Waals surface area contributed by atoms with Crippen molar-refractivity contribution in [3.05, 3.63) is 29.8 Å². The molecule has 0 aromatic heterocycles. The summed E-state index contributed by atoms with van der Waals surface area (Å²) in [5, 5.41) is 2.96. The van der Waals surface area contributed by atoms with Crippen LogP contribution in [0.1, 0.15) is 0 Å². The van der Waals surface area contributed by atoms with E-state index in [1.54, 1.807) is 0 Å². The van der Waals surface area contributed by atoms with E-state index in [1.807, 2.05) is 0 Å². The van der Waals surface area contributed by atoms with Gasteiger partial charge in [0.2, 0.25) is 0 Å². The summed E-state index contributed by atoms with van der Waals surface area (Å²) in [7, 11) is 0. The van der Waals surface area contributed by atoms with Crippen molar-refractivity contribution in [2.45, 2.75) is 6.04 Å². The third kappa shape index (κ3) is 1.95. The smallest absolute Gasteiger partial charge is 0.128 e. The standard InChI is InChI=1S/C9H9F2NO/c10-6-1-7(11)3-8(2-6)12-9-4-13-5-9/h1-3,9,12H,4-5H2. The molecule has 0 radical (unpaired) electrons. The average molecular weight is 185 g/mol. The Morgan fingerprint density at radius 1 is 1.15 bits per heavy atom. The Morgan fingerprint density at radius 2 is 1.77 bits per heavy atom. The predicted molar refractivity (Wildman–Crippen MR) is 44.6 cm³/mol. The third-order valence-corrected chi connectivity index (χ3v) is 1.87. The van der Waals surface area contributed by atoms with Crippen LogP contribution in [0.15, 0.2) is 18.2 Å². The van der Waals surface area contributed by atoms with Crippen molar-refractivity contribution in [1.82, 2.24) is 0 Å². The Hall–Kier alpha value is -1.16. The fourth-order valence-electron chi connectivity index (χ4n) is 1.19. The average Bonchev–Trinajstić information content (AvgIpc) is 1.95. The SMILES string of the molecule is Fc1cc(F)cc(NC2COC2)c1. The molecule has 4 heteroatoms. The van der Waals surface area contributed by atoms with Crippen LogP contribution < -0.4 is 5.32 Å². The van der Waals surface area contributed by atoms with E-state index < -0.39 is 11.6 Å². The second-order valence-corrected chi connectivity index (χ2v) is 3.04. The zero-order chi connectivity index (χ0) is 9.26. The van der Waals surface area contributed by atoms with Crippen LogP contribution in [0.2, 0.25) is 0 Å². The maximum atomic E-state index is 12.7. The number of benzene rings is 1. The van der Waals surface area contributed by atoms with Crippen LogP contribution in [0.5, 0.6) is 0 Å². The highest BCUT2D eigenvalue weighted by Gasteiger charge is 2.17. The molecule has 0 aliphatic carbocycles. The van der Waals surface area contributed by atoms with E-state index in [1.165, 1.54) is 12.1 Å². The van der Waals surface area contributed by atoms with Gasteiger partial charge in [-0.05, 0) is 12.1 Å². The van der Waals surface area contributed by atoms with Gasteiger partial charge in [0, 0.05) is 11.8 Å². The second-order valence-electron chi connectivity index (χ2n) is 3.04. The molecule has 0 saturated carbocycles. The van der Waals surface area contributed by atoms with E-state index in [0.29, 0.717) is 18.9 Å². The summed E-state index contributed by atoms with van der Waals surface area (Å²) in [6.07, 6.45) is 0. The predicted octanol–water partition coefficient (Wildman–Crippen LogP) is 1.78. The molecular formula is C9H9F2NO. The van der Waals surface area contributed by atoms with Gasteiger partial charge in [-0.15, -0.1) is 0 Å². The highest BCUT2D eigenvalue weighted by Crippen LogP contribution is 2.15. The Balaban J connectivity index is 2.10. The summed E-state index contributed by atoms with van der Waals surface area (Å²) in [4.78, 5) is 0. The second kappa shape index (κ2) is 3.30. The van der Waals surface area contributed by atoms with Gasteiger partial charge < -0.3 is 10.1 Å². The molecule has 2 rings (SSSR count). The lowest BCUT2D eigenvalue weighted by atomic mass is 10.2. The third-order valence-electron chi connectivity index (χ3n) is 1.87. The van der Waals surface area contributed by atoms with E-state index >= 15 is 0 Å². The first kappa shape index (κ1) is 8.44. The first-order chi connectivity index (χ1) is 6.24. The molecule has 1 aromatic rings. The highest BCUT2D eigenvalue weighted by molar-refractivity contribution is 5.44. The largest absolute Gasteiger partial charge is 0.377 e. The molecule has 1 aliphatic heterocycles. The summed E-state index contributed by atoms with van der Waals surface area (Å²) < 4.78 is 30.3. The number of hydrogen-bond acceptors (Lipinski definition) is 2. The van der Waals surface area contributed by atoms with Gasteiger partial charge in [-0.25, -0.2) is 8.78 Å². The molecule has 0 spiro atoms. The zero-order valence-corrected chi connectivity index (χ0v) is 6.89. The van der Waals surface area contributed by atoms with Crippen LogP contribution in [-0.4, -0.2) is 19.3 Å².